The monoisotopic (exact) mass is 212 g/mol. The van der Waals surface area contributed by atoms with Crippen LogP contribution in [0, 0.1) is 5.41 Å². The van der Waals surface area contributed by atoms with Crippen molar-refractivity contribution >= 4 is 0 Å². The van der Waals surface area contributed by atoms with E-state index >= 15 is 0 Å². The van der Waals surface area contributed by atoms with E-state index in [2.05, 4.69) is 13.8 Å². The summed E-state index contributed by atoms with van der Waals surface area (Å²) in [6, 6.07) is 0. The smallest absolute Gasteiger partial charge is 0.104 e. The van der Waals surface area contributed by atoms with Gasteiger partial charge in [-0.3, -0.25) is 0 Å². The molecular formula is C13H24O2. The maximum Gasteiger partial charge on any atom is 0.104 e. The average molecular weight is 212 g/mol. The van der Waals surface area contributed by atoms with E-state index in [0.29, 0.717) is 17.6 Å². The van der Waals surface area contributed by atoms with E-state index in [0.717, 1.165) is 19.6 Å². The molecule has 2 nitrogen and oxygen atoms in total. The third-order valence-corrected chi connectivity index (χ3v) is 4.03. The molecule has 2 rings (SSSR count). The summed E-state index contributed by atoms with van der Waals surface area (Å²) >= 11 is 0. The molecule has 0 aromatic carbocycles. The van der Waals surface area contributed by atoms with Gasteiger partial charge in [-0.15, -0.1) is 0 Å². The van der Waals surface area contributed by atoms with Crippen LogP contribution in [0.25, 0.3) is 0 Å². The number of epoxide rings is 1. The minimum Gasteiger partial charge on any atom is -0.375 e. The Bertz CT molecular complexity index is 193. The van der Waals surface area contributed by atoms with Crippen LogP contribution < -0.4 is 0 Å². The highest BCUT2D eigenvalue weighted by atomic mass is 16.6. The Morgan fingerprint density at radius 2 is 2.00 bits per heavy atom. The maximum atomic E-state index is 6.03. The molecule has 0 N–H and O–H groups in total. The number of ether oxygens (including phenoxy) is 2. The molecule has 1 saturated carbocycles. The second-order valence-corrected chi connectivity index (χ2v) is 5.40. The molecule has 88 valence electrons. The Hall–Kier alpha value is -0.0800. The van der Waals surface area contributed by atoms with Crippen molar-refractivity contribution < 1.29 is 9.47 Å². The van der Waals surface area contributed by atoms with Crippen molar-refractivity contribution in [2.24, 2.45) is 5.41 Å². The SMILES string of the molecule is CCC(OCC1CO1)C1(C)CCCCC1. The predicted molar refractivity (Wildman–Crippen MR) is 61.0 cm³/mol. The molecule has 0 spiro atoms. The molecule has 1 aliphatic heterocycles. The highest BCUT2D eigenvalue weighted by Gasteiger charge is 2.36. The van der Waals surface area contributed by atoms with Crippen molar-refractivity contribution in [1.82, 2.24) is 0 Å². The van der Waals surface area contributed by atoms with Gasteiger partial charge in [0.05, 0.1) is 19.3 Å². The molecule has 2 aliphatic rings. The van der Waals surface area contributed by atoms with Crippen LogP contribution in [0.1, 0.15) is 52.4 Å². The van der Waals surface area contributed by atoms with Crippen LogP contribution in [0.2, 0.25) is 0 Å². The molecule has 15 heavy (non-hydrogen) atoms. The van der Waals surface area contributed by atoms with Crippen LogP contribution in [0.15, 0.2) is 0 Å². The highest BCUT2D eigenvalue weighted by Crippen LogP contribution is 2.41. The summed E-state index contributed by atoms with van der Waals surface area (Å²) in [5.74, 6) is 0. The van der Waals surface area contributed by atoms with Gasteiger partial charge in [0.25, 0.3) is 0 Å². The summed E-state index contributed by atoms with van der Waals surface area (Å²) in [5, 5.41) is 0. The minimum atomic E-state index is 0.409. The third kappa shape index (κ3) is 2.94. The molecular weight excluding hydrogens is 188 g/mol. The lowest BCUT2D eigenvalue weighted by Crippen LogP contribution is -2.36. The Labute approximate surface area is 93.3 Å². The van der Waals surface area contributed by atoms with E-state index in [9.17, 15) is 0 Å². The van der Waals surface area contributed by atoms with Crippen LogP contribution in [0.3, 0.4) is 0 Å². The molecule has 2 fully saturated rings. The first-order valence-electron chi connectivity index (χ1n) is 6.48. The van der Waals surface area contributed by atoms with E-state index < -0.39 is 0 Å². The Morgan fingerprint density at radius 1 is 1.33 bits per heavy atom. The van der Waals surface area contributed by atoms with Gasteiger partial charge in [-0.25, -0.2) is 0 Å². The average Bonchev–Trinajstić information content (AvgIpc) is 3.03. The molecule has 0 radical (unpaired) electrons. The van der Waals surface area contributed by atoms with Gasteiger partial charge in [-0.1, -0.05) is 33.1 Å². The van der Waals surface area contributed by atoms with Gasteiger partial charge in [0.2, 0.25) is 0 Å². The summed E-state index contributed by atoms with van der Waals surface area (Å²) in [4.78, 5) is 0. The second-order valence-electron chi connectivity index (χ2n) is 5.40. The van der Waals surface area contributed by atoms with Crippen LogP contribution >= 0.6 is 0 Å². The molecule has 1 aliphatic carbocycles. The summed E-state index contributed by atoms with van der Waals surface area (Å²) < 4.78 is 11.2. The van der Waals surface area contributed by atoms with Crippen molar-refractivity contribution in [2.45, 2.75) is 64.6 Å². The van der Waals surface area contributed by atoms with Gasteiger partial charge in [-0.2, -0.15) is 0 Å². The van der Waals surface area contributed by atoms with Gasteiger partial charge in [0, 0.05) is 0 Å². The molecule has 1 heterocycles. The van der Waals surface area contributed by atoms with E-state index in [1.807, 2.05) is 0 Å². The fourth-order valence-electron chi connectivity index (χ4n) is 2.88. The van der Waals surface area contributed by atoms with Crippen molar-refractivity contribution in [3.63, 3.8) is 0 Å². The Balaban J connectivity index is 1.84. The lowest BCUT2D eigenvalue weighted by molar-refractivity contribution is -0.0565. The zero-order valence-electron chi connectivity index (χ0n) is 10.1. The summed E-state index contributed by atoms with van der Waals surface area (Å²) in [5.41, 5.74) is 0.432. The van der Waals surface area contributed by atoms with Crippen LogP contribution in [0.4, 0.5) is 0 Å². The number of hydrogen-bond donors (Lipinski definition) is 0. The first-order valence-corrected chi connectivity index (χ1v) is 6.48. The standard InChI is InChI=1S/C13H24O2/c1-3-12(15-10-11-9-14-11)13(2)7-5-4-6-8-13/h11-12H,3-10H2,1-2H3. The van der Waals surface area contributed by atoms with Gasteiger partial charge < -0.3 is 9.47 Å². The first-order chi connectivity index (χ1) is 7.24. The normalized spacial score (nSPS) is 31.2. The van der Waals surface area contributed by atoms with E-state index in [-0.39, 0.29) is 0 Å². The number of rotatable bonds is 5. The Kier molecular flexibility index (Phi) is 3.68. The van der Waals surface area contributed by atoms with Crippen molar-refractivity contribution in [3.8, 4) is 0 Å². The molecule has 1 saturated heterocycles. The first kappa shape index (κ1) is 11.4. The molecule has 0 aromatic rings. The molecule has 2 unspecified atom stereocenters. The zero-order valence-corrected chi connectivity index (χ0v) is 10.1. The summed E-state index contributed by atoms with van der Waals surface area (Å²) in [6.07, 6.45) is 8.87. The van der Waals surface area contributed by atoms with E-state index in [1.54, 1.807) is 0 Å². The quantitative estimate of drug-likeness (QED) is 0.653. The fourth-order valence-corrected chi connectivity index (χ4v) is 2.88. The highest BCUT2D eigenvalue weighted by molar-refractivity contribution is 4.86. The van der Waals surface area contributed by atoms with Crippen LogP contribution in [-0.4, -0.2) is 25.4 Å². The van der Waals surface area contributed by atoms with Gasteiger partial charge in [0.1, 0.15) is 6.10 Å². The van der Waals surface area contributed by atoms with Crippen molar-refractivity contribution in [3.05, 3.63) is 0 Å². The van der Waals surface area contributed by atoms with E-state index in [1.165, 1.54) is 32.1 Å². The maximum absolute atomic E-state index is 6.03. The minimum absolute atomic E-state index is 0.409. The summed E-state index contributed by atoms with van der Waals surface area (Å²) in [7, 11) is 0. The zero-order chi connectivity index (χ0) is 10.7. The summed E-state index contributed by atoms with van der Waals surface area (Å²) in [6.45, 7) is 6.38. The van der Waals surface area contributed by atoms with Gasteiger partial charge in [0.15, 0.2) is 0 Å². The third-order valence-electron chi connectivity index (χ3n) is 4.03. The predicted octanol–water partition coefficient (Wildman–Crippen LogP) is 3.15. The molecule has 2 atom stereocenters. The Morgan fingerprint density at radius 3 is 2.53 bits per heavy atom. The van der Waals surface area contributed by atoms with Gasteiger partial charge in [-0.05, 0) is 24.7 Å². The molecule has 0 amide bonds. The molecule has 2 heteroatoms. The van der Waals surface area contributed by atoms with Crippen molar-refractivity contribution in [1.29, 1.82) is 0 Å². The number of hydrogen-bond acceptors (Lipinski definition) is 2. The van der Waals surface area contributed by atoms with Gasteiger partial charge >= 0.3 is 0 Å². The largest absolute Gasteiger partial charge is 0.375 e. The second kappa shape index (κ2) is 4.84. The van der Waals surface area contributed by atoms with Crippen molar-refractivity contribution in [2.75, 3.05) is 13.2 Å². The van der Waals surface area contributed by atoms with Crippen LogP contribution in [0.5, 0.6) is 0 Å². The molecule has 0 bridgehead atoms. The topological polar surface area (TPSA) is 21.8 Å². The van der Waals surface area contributed by atoms with Crippen LogP contribution in [-0.2, 0) is 9.47 Å². The lowest BCUT2D eigenvalue weighted by atomic mass is 9.71. The molecule has 0 aromatic heterocycles. The fraction of sp³-hybridized carbons (Fsp3) is 1.00. The van der Waals surface area contributed by atoms with E-state index in [4.69, 9.17) is 9.47 Å². The lowest BCUT2D eigenvalue weighted by Gasteiger charge is -2.40.